The van der Waals surface area contributed by atoms with E-state index in [-0.39, 0.29) is 5.69 Å². The molecule has 0 bridgehead atoms. The van der Waals surface area contributed by atoms with Crippen molar-refractivity contribution >= 4 is 44.1 Å². The van der Waals surface area contributed by atoms with E-state index in [1.807, 2.05) is 40.7 Å². The number of anilines is 1. The normalized spacial score (nSPS) is 11.8. The van der Waals surface area contributed by atoms with E-state index >= 15 is 0 Å². The highest BCUT2D eigenvalue weighted by Crippen LogP contribution is 2.38. The average molecular weight is 460 g/mol. The van der Waals surface area contributed by atoms with Crippen molar-refractivity contribution in [1.82, 2.24) is 0 Å². The average Bonchev–Trinajstić information content (AvgIpc) is 2.94. The lowest BCUT2D eigenvalue weighted by atomic mass is 9.98. The van der Waals surface area contributed by atoms with E-state index in [4.69, 9.17) is 9.15 Å². The van der Waals surface area contributed by atoms with Gasteiger partial charge in [0.25, 0.3) is 0 Å². The van der Waals surface area contributed by atoms with Gasteiger partial charge in [-0.2, -0.15) is 0 Å². The summed E-state index contributed by atoms with van der Waals surface area (Å²) in [7, 11) is 0. The van der Waals surface area contributed by atoms with Crippen LogP contribution in [0.15, 0.2) is 39.2 Å². The Labute approximate surface area is 177 Å². The first-order chi connectivity index (χ1) is 13.7. The van der Waals surface area contributed by atoms with E-state index in [9.17, 15) is 9.18 Å². The molecule has 0 atom stereocenters. The van der Waals surface area contributed by atoms with Crippen LogP contribution in [0.2, 0.25) is 0 Å². The van der Waals surface area contributed by atoms with Crippen LogP contribution in [0.3, 0.4) is 0 Å². The monoisotopic (exact) mass is 459 g/mol. The second-order valence-corrected chi connectivity index (χ2v) is 7.83. The van der Waals surface area contributed by atoms with Crippen LogP contribution >= 0.6 is 15.9 Å². The Kier molecular flexibility index (Phi) is 6.13. The van der Waals surface area contributed by atoms with Crippen molar-refractivity contribution in [1.29, 1.82) is 0 Å². The summed E-state index contributed by atoms with van der Waals surface area (Å²) in [6, 6.07) is 6.48. The molecule has 0 radical (unpaired) electrons. The smallest absolute Gasteiger partial charge is 0.248 e. The van der Waals surface area contributed by atoms with Gasteiger partial charge in [0, 0.05) is 27.1 Å². The van der Waals surface area contributed by atoms with Crippen molar-refractivity contribution in [3.8, 4) is 5.75 Å². The number of halogens is 2. The molecule has 2 aromatic carbocycles. The summed E-state index contributed by atoms with van der Waals surface area (Å²) < 4.78 is 26.4. The summed E-state index contributed by atoms with van der Waals surface area (Å²) in [6.45, 7) is 10.1. The van der Waals surface area contributed by atoms with Gasteiger partial charge in [0.05, 0.1) is 12.3 Å². The molecule has 6 heteroatoms. The maximum absolute atomic E-state index is 14.0. The molecule has 1 amide bonds. The van der Waals surface area contributed by atoms with Gasteiger partial charge in [0.1, 0.15) is 22.9 Å². The number of furan rings is 1. The van der Waals surface area contributed by atoms with Gasteiger partial charge in [-0.15, -0.1) is 0 Å². The minimum atomic E-state index is -0.504. The Morgan fingerprint density at radius 1 is 1.24 bits per heavy atom. The number of rotatable bonds is 5. The third kappa shape index (κ3) is 4.22. The largest absolute Gasteiger partial charge is 0.493 e. The van der Waals surface area contributed by atoms with Gasteiger partial charge in [0.2, 0.25) is 5.91 Å². The van der Waals surface area contributed by atoms with E-state index in [0.29, 0.717) is 22.4 Å². The van der Waals surface area contributed by atoms with Gasteiger partial charge in [-0.25, -0.2) is 4.39 Å². The first kappa shape index (κ1) is 21.1. The lowest BCUT2D eigenvalue weighted by Gasteiger charge is -2.14. The molecule has 0 fully saturated rings. The molecule has 0 spiro atoms. The Morgan fingerprint density at radius 2 is 1.97 bits per heavy atom. The van der Waals surface area contributed by atoms with Gasteiger partial charge in [0.15, 0.2) is 0 Å². The number of aryl methyl sites for hydroxylation is 3. The SMILES string of the molecule is CCOc1c(/C(C)=C/C(=O)Nc2ccc(Br)cc2F)cc2c(C)c(C)oc2c1C. The predicted octanol–water partition coefficient (Wildman–Crippen LogP) is 6.70. The van der Waals surface area contributed by atoms with E-state index in [1.54, 1.807) is 6.07 Å². The fourth-order valence-electron chi connectivity index (χ4n) is 3.27. The van der Waals surface area contributed by atoms with Gasteiger partial charge in [-0.1, -0.05) is 15.9 Å². The summed E-state index contributed by atoms with van der Waals surface area (Å²) in [6.07, 6.45) is 1.45. The Hall–Kier alpha value is -2.60. The van der Waals surface area contributed by atoms with E-state index in [0.717, 1.165) is 33.4 Å². The molecule has 0 aliphatic rings. The first-order valence-electron chi connectivity index (χ1n) is 9.33. The number of hydrogen-bond donors (Lipinski definition) is 1. The molecule has 0 saturated carbocycles. The highest BCUT2D eigenvalue weighted by atomic mass is 79.9. The number of allylic oxidation sites excluding steroid dienone is 1. The molecule has 1 N–H and O–H groups in total. The van der Waals surface area contributed by atoms with Crippen molar-refractivity contribution < 1.29 is 18.3 Å². The quantitative estimate of drug-likeness (QED) is 0.431. The Bertz CT molecular complexity index is 1130. The zero-order chi connectivity index (χ0) is 21.3. The van der Waals surface area contributed by atoms with Crippen LogP contribution in [-0.2, 0) is 4.79 Å². The van der Waals surface area contributed by atoms with Gasteiger partial charge in [-0.3, -0.25) is 4.79 Å². The van der Waals surface area contributed by atoms with Crippen LogP contribution in [0.5, 0.6) is 5.75 Å². The molecule has 3 aromatic rings. The minimum Gasteiger partial charge on any atom is -0.493 e. The molecular formula is C23H23BrFNO3. The van der Waals surface area contributed by atoms with Gasteiger partial charge >= 0.3 is 0 Å². The second kappa shape index (κ2) is 8.41. The molecular weight excluding hydrogens is 437 g/mol. The molecule has 0 saturated heterocycles. The molecule has 29 heavy (non-hydrogen) atoms. The molecule has 3 rings (SSSR count). The lowest BCUT2D eigenvalue weighted by molar-refractivity contribution is -0.111. The molecule has 4 nitrogen and oxygen atoms in total. The number of fused-ring (bicyclic) bond motifs is 1. The summed E-state index contributed by atoms with van der Waals surface area (Å²) in [5.41, 5.74) is 4.39. The molecule has 1 heterocycles. The van der Waals surface area contributed by atoms with Crippen molar-refractivity contribution in [3.63, 3.8) is 0 Å². The number of hydrogen-bond acceptors (Lipinski definition) is 3. The van der Waals surface area contributed by atoms with Crippen LogP contribution < -0.4 is 10.1 Å². The van der Waals surface area contributed by atoms with Crippen molar-refractivity contribution in [3.05, 3.63) is 63.1 Å². The van der Waals surface area contributed by atoms with Crippen LogP contribution in [0.25, 0.3) is 16.5 Å². The van der Waals surface area contributed by atoms with Gasteiger partial charge in [-0.05, 0) is 70.0 Å². The topological polar surface area (TPSA) is 51.5 Å². The molecule has 0 aliphatic heterocycles. The molecule has 0 aliphatic carbocycles. The van der Waals surface area contributed by atoms with Gasteiger partial charge < -0.3 is 14.5 Å². The standard InChI is InChI=1S/C23H23BrFNO3/c1-6-28-22-14(4)23-18(13(3)15(5)29-23)11-17(22)12(2)9-21(27)26-20-8-7-16(24)10-19(20)25/h7-11H,6H2,1-5H3,(H,26,27)/b12-9+. The number of carbonyl (C=O) groups is 1. The predicted molar refractivity (Wildman–Crippen MR) is 118 cm³/mol. The maximum Gasteiger partial charge on any atom is 0.248 e. The van der Waals surface area contributed by atoms with Crippen LogP contribution in [-0.4, -0.2) is 12.5 Å². The number of benzene rings is 2. The van der Waals surface area contributed by atoms with Crippen molar-refractivity contribution in [2.75, 3.05) is 11.9 Å². The van der Waals surface area contributed by atoms with E-state index in [2.05, 4.69) is 21.2 Å². The summed E-state index contributed by atoms with van der Waals surface area (Å²) in [4.78, 5) is 12.5. The number of carbonyl (C=O) groups excluding carboxylic acids is 1. The summed E-state index contributed by atoms with van der Waals surface area (Å²) >= 11 is 3.20. The number of ether oxygens (including phenoxy) is 1. The van der Waals surface area contributed by atoms with E-state index < -0.39 is 11.7 Å². The fourth-order valence-corrected chi connectivity index (χ4v) is 3.60. The van der Waals surface area contributed by atoms with Crippen LogP contribution in [0, 0.1) is 26.6 Å². The van der Waals surface area contributed by atoms with Crippen molar-refractivity contribution in [2.45, 2.75) is 34.6 Å². The zero-order valence-corrected chi connectivity index (χ0v) is 18.7. The fraction of sp³-hybridized carbons (Fsp3) is 0.261. The van der Waals surface area contributed by atoms with E-state index in [1.165, 1.54) is 18.2 Å². The number of amides is 1. The zero-order valence-electron chi connectivity index (χ0n) is 17.1. The van der Waals surface area contributed by atoms with Crippen LogP contribution in [0.4, 0.5) is 10.1 Å². The number of nitrogens with one attached hydrogen (secondary N) is 1. The Morgan fingerprint density at radius 3 is 2.62 bits per heavy atom. The third-order valence-electron chi connectivity index (χ3n) is 4.90. The molecule has 0 unspecified atom stereocenters. The highest BCUT2D eigenvalue weighted by Gasteiger charge is 2.19. The van der Waals surface area contributed by atoms with Crippen LogP contribution in [0.1, 0.15) is 36.3 Å². The highest BCUT2D eigenvalue weighted by molar-refractivity contribution is 9.10. The first-order valence-corrected chi connectivity index (χ1v) is 10.1. The minimum absolute atomic E-state index is 0.125. The molecule has 152 valence electrons. The molecule has 1 aromatic heterocycles. The Balaban J connectivity index is 2.02. The van der Waals surface area contributed by atoms with Crippen molar-refractivity contribution in [2.24, 2.45) is 0 Å². The lowest BCUT2D eigenvalue weighted by Crippen LogP contribution is -2.10. The maximum atomic E-state index is 14.0. The second-order valence-electron chi connectivity index (χ2n) is 6.91. The summed E-state index contributed by atoms with van der Waals surface area (Å²) in [5, 5.41) is 3.58. The summed E-state index contributed by atoms with van der Waals surface area (Å²) in [5.74, 6) is 0.623. The third-order valence-corrected chi connectivity index (χ3v) is 5.39.